The fourth-order valence-electron chi connectivity index (χ4n) is 4.97. The minimum absolute atomic E-state index is 0.00770. The van der Waals surface area contributed by atoms with Crippen molar-refractivity contribution in [3.8, 4) is 0 Å². The first-order valence-electron chi connectivity index (χ1n) is 12.9. The molecule has 0 aliphatic heterocycles. The fraction of sp³-hybridized carbons (Fsp3) is 0.333. The maximum absolute atomic E-state index is 13.7. The Morgan fingerprint density at radius 1 is 0.629 bits per heavy atom. The number of nitrogens with zero attached hydrogens (tertiary/aromatic N) is 1. The Kier molecular flexibility index (Phi) is 6.33. The van der Waals surface area contributed by atoms with Crippen molar-refractivity contribution in [2.45, 2.75) is 52.9 Å². The normalized spacial score (nSPS) is 11.7. The molecule has 35 heavy (non-hydrogen) atoms. The third kappa shape index (κ3) is 4.20. The first kappa shape index (κ1) is 23.2. The summed E-state index contributed by atoms with van der Waals surface area (Å²) in [6, 6.07) is 15.7. The number of aromatic nitrogens is 2. The lowest BCUT2D eigenvalue weighted by Crippen LogP contribution is -2.25. The van der Waals surface area contributed by atoms with Crippen molar-refractivity contribution in [1.29, 1.82) is 0 Å². The van der Waals surface area contributed by atoms with Gasteiger partial charge in [-0.3, -0.25) is 9.59 Å². The zero-order valence-electron chi connectivity index (χ0n) is 20.8. The van der Waals surface area contributed by atoms with E-state index in [1.807, 2.05) is 42.5 Å². The number of unbranched alkanes of at least 4 members (excludes halogenated alkanes) is 2. The van der Waals surface area contributed by atoms with E-state index in [-0.39, 0.29) is 10.9 Å². The summed E-state index contributed by atoms with van der Waals surface area (Å²) in [5, 5.41) is 2.54. The second kappa shape index (κ2) is 9.57. The van der Waals surface area contributed by atoms with Crippen LogP contribution < -0.4 is 15.8 Å². The molecule has 180 valence electrons. The molecule has 2 aromatic heterocycles. The molecule has 0 radical (unpaired) electrons. The summed E-state index contributed by atoms with van der Waals surface area (Å²) in [5.74, 6) is 0. The lowest BCUT2D eigenvalue weighted by Gasteiger charge is -2.25. The van der Waals surface area contributed by atoms with E-state index < -0.39 is 0 Å². The molecule has 0 aliphatic carbocycles. The quantitative estimate of drug-likeness (QED) is 0.251. The van der Waals surface area contributed by atoms with Crippen LogP contribution in [-0.4, -0.2) is 23.1 Å². The van der Waals surface area contributed by atoms with Crippen LogP contribution in [0.4, 0.5) is 5.69 Å². The van der Waals surface area contributed by atoms with Gasteiger partial charge in [0.15, 0.2) is 10.9 Å². The van der Waals surface area contributed by atoms with Crippen LogP contribution >= 0.6 is 0 Å². The van der Waals surface area contributed by atoms with Gasteiger partial charge in [-0.15, -0.1) is 0 Å². The lowest BCUT2D eigenvalue weighted by atomic mass is 10.0. The van der Waals surface area contributed by atoms with Gasteiger partial charge in [0.1, 0.15) is 0 Å². The average Bonchev–Trinajstić information content (AvgIpc) is 2.88. The number of hydrogen-bond donors (Lipinski definition) is 2. The minimum Gasteiger partial charge on any atom is -0.372 e. The number of H-pyrrole nitrogens is 2. The van der Waals surface area contributed by atoms with Crippen LogP contribution in [0.3, 0.4) is 0 Å². The van der Waals surface area contributed by atoms with E-state index >= 15 is 0 Å². The summed E-state index contributed by atoms with van der Waals surface area (Å²) < 4.78 is 0. The third-order valence-corrected chi connectivity index (χ3v) is 7.10. The molecular formula is C30H33N3O2. The van der Waals surface area contributed by atoms with E-state index in [1.54, 1.807) is 0 Å². The Hall–Kier alpha value is -3.60. The van der Waals surface area contributed by atoms with Crippen molar-refractivity contribution >= 4 is 49.3 Å². The fourth-order valence-corrected chi connectivity index (χ4v) is 4.97. The Morgan fingerprint density at radius 2 is 1.20 bits per heavy atom. The van der Waals surface area contributed by atoms with Gasteiger partial charge < -0.3 is 14.9 Å². The molecule has 0 saturated heterocycles. The second-order valence-corrected chi connectivity index (χ2v) is 9.51. The number of benzene rings is 3. The van der Waals surface area contributed by atoms with Crippen LogP contribution in [0.2, 0.25) is 0 Å². The van der Waals surface area contributed by atoms with Gasteiger partial charge in [-0.05, 0) is 67.3 Å². The van der Waals surface area contributed by atoms with Crippen LogP contribution in [0.25, 0.3) is 43.6 Å². The Bertz CT molecular complexity index is 1650. The van der Waals surface area contributed by atoms with Crippen molar-refractivity contribution in [2.75, 3.05) is 18.0 Å². The number of aryl methyl sites for hydroxylation is 1. The summed E-state index contributed by atoms with van der Waals surface area (Å²) in [6.45, 7) is 8.49. The lowest BCUT2D eigenvalue weighted by molar-refractivity contribution is 0.678. The SMILES string of the molecule is CCCCN(CCCC)c1ccc2[nH]c3cc4c(=O)c5ccc(CC)cc5[nH]c4cc3c(=O)c2c1. The monoisotopic (exact) mass is 467 g/mol. The molecule has 5 aromatic rings. The van der Waals surface area contributed by atoms with E-state index in [1.165, 1.54) is 5.56 Å². The predicted octanol–water partition coefficient (Wildman–Crippen LogP) is 6.65. The summed E-state index contributed by atoms with van der Waals surface area (Å²) in [7, 11) is 0. The molecule has 5 heteroatoms. The predicted molar refractivity (Wildman–Crippen MR) is 149 cm³/mol. The summed E-state index contributed by atoms with van der Waals surface area (Å²) in [6.07, 6.45) is 5.43. The maximum Gasteiger partial charge on any atom is 0.197 e. The highest BCUT2D eigenvalue weighted by molar-refractivity contribution is 6.03. The molecule has 2 heterocycles. The van der Waals surface area contributed by atoms with Crippen LogP contribution in [-0.2, 0) is 6.42 Å². The van der Waals surface area contributed by atoms with E-state index in [0.717, 1.165) is 61.9 Å². The average molecular weight is 468 g/mol. The number of aromatic amines is 2. The van der Waals surface area contributed by atoms with Gasteiger partial charge in [0.05, 0.1) is 16.6 Å². The Balaban J connectivity index is 1.70. The Labute approximate surface area is 204 Å². The molecule has 0 saturated carbocycles. The van der Waals surface area contributed by atoms with Crippen molar-refractivity contribution in [3.05, 3.63) is 74.5 Å². The first-order chi connectivity index (χ1) is 17.0. The minimum atomic E-state index is -0.0166. The molecule has 0 bridgehead atoms. The molecule has 3 aromatic carbocycles. The van der Waals surface area contributed by atoms with Crippen LogP contribution in [0.5, 0.6) is 0 Å². The molecule has 5 nitrogen and oxygen atoms in total. The van der Waals surface area contributed by atoms with Crippen molar-refractivity contribution in [1.82, 2.24) is 9.97 Å². The van der Waals surface area contributed by atoms with Crippen molar-refractivity contribution in [3.63, 3.8) is 0 Å². The molecule has 0 aliphatic rings. The topological polar surface area (TPSA) is 69.0 Å². The van der Waals surface area contributed by atoms with Gasteiger partial charge >= 0.3 is 0 Å². The largest absolute Gasteiger partial charge is 0.372 e. The molecular weight excluding hydrogens is 434 g/mol. The van der Waals surface area contributed by atoms with Crippen LogP contribution in [0, 0.1) is 0 Å². The number of rotatable bonds is 8. The Morgan fingerprint density at radius 3 is 1.83 bits per heavy atom. The number of hydrogen-bond acceptors (Lipinski definition) is 3. The van der Waals surface area contributed by atoms with E-state index in [9.17, 15) is 9.59 Å². The number of pyridine rings is 2. The molecule has 0 amide bonds. The van der Waals surface area contributed by atoms with E-state index in [2.05, 4.69) is 41.7 Å². The van der Waals surface area contributed by atoms with Gasteiger partial charge in [0, 0.05) is 45.8 Å². The summed E-state index contributed by atoms with van der Waals surface area (Å²) >= 11 is 0. The maximum atomic E-state index is 13.7. The standard InChI is InChI=1S/C30H33N3O2/c1-4-7-13-33(14-8-5-2)20-10-12-25-22(16-20)30(35)24-18-28-23(17-27(24)31-25)29(34)21-11-9-19(6-3)15-26(21)32-28/h9-12,15-18H,4-8,13-14H2,1-3H3,(H,31,35)(H,32,34). The van der Waals surface area contributed by atoms with Crippen LogP contribution in [0.15, 0.2) is 58.1 Å². The first-order valence-corrected chi connectivity index (χ1v) is 12.9. The third-order valence-electron chi connectivity index (χ3n) is 7.10. The number of nitrogens with one attached hydrogen (secondary N) is 2. The van der Waals surface area contributed by atoms with Gasteiger partial charge in [0.25, 0.3) is 0 Å². The molecule has 0 unspecified atom stereocenters. The molecule has 0 spiro atoms. The molecule has 0 atom stereocenters. The zero-order valence-corrected chi connectivity index (χ0v) is 20.8. The summed E-state index contributed by atoms with van der Waals surface area (Å²) in [4.78, 5) is 36.1. The summed E-state index contributed by atoms with van der Waals surface area (Å²) in [5.41, 5.74) is 5.22. The molecule has 2 N–H and O–H groups in total. The van der Waals surface area contributed by atoms with Gasteiger partial charge in [-0.25, -0.2) is 0 Å². The zero-order chi connectivity index (χ0) is 24.5. The van der Waals surface area contributed by atoms with E-state index in [4.69, 9.17) is 0 Å². The molecule has 0 fully saturated rings. The van der Waals surface area contributed by atoms with Crippen molar-refractivity contribution < 1.29 is 0 Å². The number of fused-ring (bicyclic) bond motifs is 4. The molecule has 5 rings (SSSR count). The van der Waals surface area contributed by atoms with E-state index in [0.29, 0.717) is 32.6 Å². The van der Waals surface area contributed by atoms with Gasteiger partial charge in [-0.2, -0.15) is 0 Å². The smallest absolute Gasteiger partial charge is 0.197 e. The highest BCUT2D eigenvalue weighted by Crippen LogP contribution is 2.25. The second-order valence-electron chi connectivity index (χ2n) is 9.51. The highest BCUT2D eigenvalue weighted by atomic mass is 16.1. The van der Waals surface area contributed by atoms with Crippen LogP contribution in [0.1, 0.15) is 52.0 Å². The van der Waals surface area contributed by atoms with Gasteiger partial charge in [0.2, 0.25) is 0 Å². The van der Waals surface area contributed by atoms with Crippen molar-refractivity contribution in [2.24, 2.45) is 0 Å². The number of anilines is 1. The van der Waals surface area contributed by atoms with Gasteiger partial charge in [-0.1, -0.05) is 39.7 Å². The highest BCUT2D eigenvalue weighted by Gasteiger charge is 2.13.